The number of piperidine rings is 2. The van der Waals surface area contributed by atoms with E-state index >= 15 is 0 Å². The van der Waals surface area contributed by atoms with Crippen LogP contribution in [0.2, 0.25) is 0 Å². The van der Waals surface area contributed by atoms with Gasteiger partial charge in [-0.05, 0) is 71.4 Å². The third-order valence-electron chi connectivity index (χ3n) is 7.25. The van der Waals surface area contributed by atoms with Crippen LogP contribution in [-0.4, -0.2) is 42.6 Å². The second kappa shape index (κ2) is 12.4. The Morgan fingerprint density at radius 1 is 0.875 bits per heavy atom. The number of likely N-dealkylation sites (tertiary alicyclic amines) is 1. The number of likely N-dealkylation sites (N-methyl/N-ethyl adjacent to an activating group) is 1. The Morgan fingerprint density at radius 3 is 1.97 bits per heavy atom. The predicted octanol–water partition coefficient (Wildman–Crippen LogP) is 6.12. The third-order valence-corrected chi connectivity index (χ3v) is 7.25. The van der Waals surface area contributed by atoms with Gasteiger partial charge in [-0.2, -0.15) is 0 Å². The molecule has 0 aliphatic carbocycles. The van der Waals surface area contributed by atoms with E-state index in [9.17, 15) is 4.79 Å². The van der Waals surface area contributed by atoms with Crippen molar-refractivity contribution < 1.29 is 42.0 Å². The Kier molecular flexibility index (Phi) is 10.6. The van der Waals surface area contributed by atoms with E-state index in [1.807, 2.05) is 18.2 Å². The summed E-state index contributed by atoms with van der Waals surface area (Å²) in [7, 11) is 0. The zero-order valence-corrected chi connectivity index (χ0v) is 23.7. The Hall–Kier alpha value is -1.03. The molecule has 0 spiro atoms. The molecule has 1 amide bonds. The van der Waals surface area contributed by atoms with Gasteiger partial charge in [0.25, 0.3) is 5.91 Å². The molecule has 1 atom stereocenters. The number of hydrogen-bond acceptors (Lipinski definition) is 1. The fourth-order valence-corrected chi connectivity index (χ4v) is 5.71. The Morgan fingerprint density at radius 2 is 1.47 bits per heavy atom. The molecule has 1 radical (unpaired) electrons. The minimum absolute atomic E-state index is 0. The molecule has 2 aromatic rings. The van der Waals surface area contributed by atoms with Gasteiger partial charge in [0.05, 0.1) is 19.6 Å². The van der Waals surface area contributed by atoms with E-state index in [2.05, 4.69) is 63.8 Å². The SMILES string of the molecule is CC[N+]1(C2CCCN(c3c(C)cc(C)cc3C)C2=O)CCCCC1.Cc1ccccc1.[Y]. The van der Waals surface area contributed by atoms with Crippen molar-refractivity contribution >= 4 is 11.6 Å². The first-order valence-electron chi connectivity index (χ1n) is 12.1. The third kappa shape index (κ3) is 6.30. The van der Waals surface area contributed by atoms with Crippen LogP contribution in [0.1, 0.15) is 61.3 Å². The molecule has 4 rings (SSSR count). The maximum atomic E-state index is 13.5. The van der Waals surface area contributed by atoms with E-state index in [0.29, 0.717) is 5.91 Å². The van der Waals surface area contributed by atoms with Crippen molar-refractivity contribution in [2.24, 2.45) is 0 Å². The van der Waals surface area contributed by atoms with E-state index in [4.69, 9.17) is 0 Å². The van der Waals surface area contributed by atoms with Crippen LogP contribution in [-0.2, 0) is 37.5 Å². The van der Waals surface area contributed by atoms with Gasteiger partial charge < -0.3 is 9.38 Å². The van der Waals surface area contributed by atoms with Crippen LogP contribution in [0.15, 0.2) is 42.5 Å². The monoisotopic (exact) mass is 510 g/mol. The van der Waals surface area contributed by atoms with Crippen molar-refractivity contribution in [3.05, 3.63) is 64.7 Å². The number of aryl methyl sites for hydroxylation is 4. The Labute approximate surface area is 221 Å². The van der Waals surface area contributed by atoms with Crippen LogP contribution in [0.3, 0.4) is 0 Å². The predicted molar refractivity (Wildman–Crippen MR) is 132 cm³/mol. The van der Waals surface area contributed by atoms with E-state index in [1.165, 1.54) is 60.3 Å². The molecule has 2 heterocycles. The van der Waals surface area contributed by atoms with Gasteiger partial charge in [0.1, 0.15) is 0 Å². The molecule has 0 N–H and O–H groups in total. The van der Waals surface area contributed by atoms with Gasteiger partial charge in [-0.1, -0.05) is 53.6 Å². The maximum Gasteiger partial charge on any atom is 0.285 e. The molecule has 2 aliphatic heterocycles. The number of carbonyl (C=O) groups is 1. The molecule has 0 saturated carbocycles. The number of benzene rings is 2. The summed E-state index contributed by atoms with van der Waals surface area (Å²) in [6.07, 6.45) is 6.08. The molecule has 2 saturated heterocycles. The first kappa shape index (κ1) is 27.2. The summed E-state index contributed by atoms with van der Waals surface area (Å²) in [6, 6.07) is 14.9. The molecule has 2 aromatic carbocycles. The van der Waals surface area contributed by atoms with Crippen LogP contribution >= 0.6 is 0 Å². The molecule has 32 heavy (non-hydrogen) atoms. The zero-order valence-electron chi connectivity index (χ0n) is 20.9. The number of quaternary nitrogens is 1. The van der Waals surface area contributed by atoms with Gasteiger partial charge in [0, 0.05) is 51.4 Å². The molecule has 2 aliphatic rings. The summed E-state index contributed by atoms with van der Waals surface area (Å²) in [6.45, 7) is 15.1. The second-order valence-electron chi connectivity index (χ2n) is 9.59. The molecule has 0 aromatic heterocycles. The number of rotatable bonds is 3. The number of amides is 1. The van der Waals surface area contributed by atoms with E-state index < -0.39 is 0 Å². The van der Waals surface area contributed by atoms with Gasteiger partial charge in [-0.25, -0.2) is 0 Å². The molecular formula is C28H41N2OY+. The van der Waals surface area contributed by atoms with Crippen LogP contribution in [0.4, 0.5) is 5.69 Å². The fraction of sp³-hybridized carbons (Fsp3) is 0.536. The van der Waals surface area contributed by atoms with Crippen molar-refractivity contribution in [3.8, 4) is 0 Å². The molecule has 1 unspecified atom stereocenters. The normalized spacial score (nSPS) is 20.1. The van der Waals surface area contributed by atoms with Gasteiger partial charge in [0.2, 0.25) is 0 Å². The van der Waals surface area contributed by atoms with E-state index in [1.54, 1.807) is 0 Å². The topological polar surface area (TPSA) is 20.3 Å². The summed E-state index contributed by atoms with van der Waals surface area (Å²) in [5.74, 6) is 0.375. The van der Waals surface area contributed by atoms with Gasteiger partial charge in [0.15, 0.2) is 6.04 Å². The Balaban J connectivity index is 0.000000388. The standard InChI is InChI=1S/C21H33N2O.C7H8.Y/c1-5-23(12-7-6-8-13-23)19-10-9-11-22(21(19)24)20-17(3)14-16(2)15-18(20)4;1-7-5-3-2-4-6-7;/h14-15,19H,5-13H2,1-4H3;2-6H,1H3;/q+1;;. The number of nitrogens with zero attached hydrogens (tertiary/aromatic N) is 2. The van der Waals surface area contributed by atoms with Gasteiger partial charge in [-0.15, -0.1) is 0 Å². The smallest absolute Gasteiger partial charge is 0.285 e. The van der Waals surface area contributed by atoms with E-state index in [0.717, 1.165) is 30.4 Å². The first-order chi connectivity index (χ1) is 14.9. The fourth-order valence-electron chi connectivity index (χ4n) is 5.71. The second-order valence-corrected chi connectivity index (χ2v) is 9.59. The summed E-state index contributed by atoms with van der Waals surface area (Å²) in [4.78, 5) is 15.6. The first-order valence-corrected chi connectivity index (χ1v) is 12.1. The van der Waals surface area contributed by atoms with Gasteiger partial charge >= 0.3 is 0 Å². The van der Waals surface area contributed by atoms with Crippen LogP contribution in [0.5, 0.6) is 0 Å². The van der Waals surface area contributed by atoms with Gasteiger partial charge in [-0.3, -0.25) is 4.79 Å². The number of hydrogen-bond donors (Lipinski definition) is 0. The average molecular weight is 511 g/mol. The summed E-state index contributed by atoms with van der Waals surface area (Å²) < 4.78 is 1.03. The van der Waals surface area contributed by atoms with Crippen molar-refractivity contribution in [3.63, 3.8) is 0 Å². The van der Waals surface area contributed by atoms with Crippen molar-refractivity contribution in [1.29, 1.82) is 0 Å². The maximum absolute atomic E-state index is 13.5. The van der Waals surface area contributed by atoms with Crippen LogP contribution in [0.25, 0.3) is 0 Å². The minimum Gasteiger partial charge on any atom is -0.314 e. The van der Waals surface area contributed by atoms with Crippen molar-refractivity contribution in [2.75, 3.05) is 31.1 Å². The molecule has 0 bridgehead atoms. The molecular weight excluding hydrogens is 469 g/mol. The number of anilines is 1. The van der Waals surface area contributed by atoms with Crippen LogP contribution < -0.4 is 4.90 Å². The molecule has 171 valence electrons. The van der Waals surface area contributed by atoms with Crippen molar-refractivity contribution in [1.82, 2.24) is 0 Å². The van der Waals surface area contributed by atoms with Crippen molar-refractivity contribution in [2.45, 2.75) is 72.8 Å². The van der Waals surface area contributed by atoms with Crippen LogP contribution in [0, 0.1) is 27.7 Å². The molecule has 2 fully saturated rings. The molecule has 4 heteroatoms. The quantitative estimate of drug-likeness (QED) is 0.456. The zero-order chi connectivity index (χ0) is 22.4. The summed E-state index contributed by atoms with van der Waals surface area (Å²) in [5, 5.41) is 0. The molecule has 3 nitrogen and oxygen atoms in total. The Bertz CT molecular complexity index is 851. The summed E-state index contributed by atoms with van der Waals surface area (Å²) >= 11 is 0. The average Bonchev–Trinajstić information content (AvgIpc) is 2.76. The minimum atomic E-state index is 0. The number of carbonyl (C=O) groups excluding carboxylic acids is 1. The largest absolute Gasteiger partial charge is 0.314 e. The summed E-state index contributed by atoms with van der Waals surface area (Å²) in [5.41, 5.74) is 6.25. The van der Waals surface area contributed by atoms with E-state index in [-0.39, 0.29) is 38.8 Å².